The van der Waals surface area contributed by atoms with Crippen molar-refractivity contribution >= 4 is 5.91 Å². The molecule has 534 valence electrons. The molecular formula is C82H153NO8. The summed E-state index contributed by atoms with van der Waals surface area (Å²) >= 11 is 0. The van der Waals surface area contributed by atoms with Crippen LogP contribution >= 0.6 is 0 Å². The zero-order valence-corrected chi connectivity index (χ0v) is 60.1. The highest BCUT2D eigenvalue weighted by Gasteiger charge is 2.44. The molecule has 0 aliphatic carbocycles. The number of aliphatic hydroxyl groups excluding tert-OH is 5. The van der Waals surface area contributed by atoms with E-state index in [4.69, 9.17) is 9.47 Å². The zero-order valence-electron chi connectivity index (χ0n) is 60.1. The van der Waals surface area contributed by atoms with E-state index in [0.717, 1.165) is 51.4 Å². The lowest BCUT2D eigenvalue weighted by atomic mass is 9.99. The minimum absolute atomic E-state index is 0.179. The Labute approximate surface area is 564 Å². The van der Waals surface area contributed by atoms with Crippen LogP contribution in [0, 0.1) is 0 Å². The fourth-order valence-corrected chi connectivity index (χ4v) is 12.8. The molecule has 1 heterocycles. The van der Waals surface area contributed by atoms with E-state index >= 15 is 0 Å². The summed E-state index contributed by atoms with van der Waals surface area (Å²) in [5, 5.41) is 54.9. The first-order chi connectivity index (χ1) is 44.8. The number of nitrogens with one attached hydrogen (secondary N) is 1. The van der Waals surface area contributed by atoms with E-state index < -0.39 is 49.5 Å². The van der Waals surface area contributed by atoms with Gasteiger partial charge in [0.1, 0.15) is 24.4 Å². The Morgan fingerprint density at radius 1 is 0.374 bits per heavy atom. The van der Waals surface area contributed by atoms with E-state index in [1.54, 1.807) is 6.08 Å². The SMILES string of the molecule is CCCCCCC/C=C\C/C=C\C/C=C\CCCCCCCCCCCCCCCCCCCCCCCCCCCCC(=O)NC(COC1OC(CO)C(O)C(O)C1O)C(O)/C=C/CC/C=C/CCCCCCCCCCCCCCCCCCCCCCC. The maximum Gasteiger partial charge on any atom is 0.220 e. The lowest BCUT2D eigenvalue weighted by Crippen LogP contribution is -2.60. The first-order valence-electron chi connectivity index (χ1n) is 40.0. The van der Waals surface area contributed by atoms with Crippen molar-refractivity contribution in [2.24, 2.45) is 0 Å². The van der Waals surface area contributed by atoms with Gasteiger partial charge in [0.2, 0.25) is 5.91 Å². The van der Waals surface area contributed by atoms with Crippen LogP contribution in [0.25, 0.3) is 0 Å². The molecule has 91 heavy (non-hydrogen) atoms. The molecule has 0 aromatic carbocycles. The van der Waals surface area contributed by atoms with Crippen LogP contribution in [0.3, 0.4) is 0 Å². The Hall–Kier alpha value is -2.11. The Balaban J connectivity index is 2.06. The summed E-state index contributed by atoms with van der Waals surface area (Å²) in [6, 6.07) is -0.823. The van der Waals surface area contributed by atoms with Gasteiger partial charge in [0.05, 0.1) is 25.4 Å². The fraction of sp³-hybridized carbons (Fsp3) is 0.866. The molecule has 9 heteroatoms. The number of amides is 1. The Morgan fingerprint density at radius 3 is 1.00 bits per heavy atom. The summed E-state index contributed by atoms with van der Waals surface area (Å²) in [6.07, 6.45) is 92.3. The van der Waals surface area contributed by atoms with Gasteiger partial charge in [-0.05, 0) is 70.6 Å². The Kier molecular flexibility index (Phi) is 67.5. The minimum atomic E-state index is -1.57. The third-order valence-corrected chi connectivity index (χ3v) is 19.1. The molecule has 1 saturated heterocycles. The standard InChI is InChI=1S/C82H153NO8/c1-3-5-7-9-11-13-15-17-19-21-23-25-27-29-31-32-33-34-35-36-37-38-39-40-41-42-43-44-46-48-50-52-54-56-58-60-62-64-66-68-70-72-78(86)83-75(74-90-82-81(89)80(88)79(87)77(73-84)91-82)76(85)71-69-67-65-63-61-59-57-55-53-51-49-47-45-30-28-26-24-22-20-18-16-14-12-10-8-6-4-2/h15,17,21,23,27,29,61,63,69,71,75-77,79-82,84-85,87-89H,3-14,16,18-20,22,24-26,28,30-60,62,64-68,70,72-74H2,1-2H3,(H,83,86)/b17-15-,23-21-,29-27-,63-61+,71-69+. The van der Waals surface area contributed by atoms with Gasteiger partial charge in [0.15, 0.2) is 6.29 Å². The number of rotatable bonds is 71. The predicted octanol–water partition coefficient (Wildman–Crippen LogP) is 22.9. The highest BCUT2D eigenvalue weighted by atomic mass is 16.7. The van der Waals surface area contributed by atoms with Gasteiger partial charge in [-0.25, -0.2) is 0 Å². The first kappa shape index (κ1) is 86.9. The summed E-state index contributed by atoms with van der Waals surface area (Å²) in [5.74, 6) is -0.179. The molecule has 7 atom stereocenters. The molecule has 9 nitrogen and oxygen atoms in total. The van der Waals surface area contributed by atoms with Crippen LogP contribution in [0.15, 0.2) is 60.8 Å². The van der Waals surface area contributed by atoms with Gasteiger partial charge in [-0.2, -0.15) is 0 Å². The van der Waals surface area contributed by atoms with Gasteiger partial charge in [-0.15, -0.1) is 0 Å². The molecule has 6 N–H and O–H groups in total. The summed E-state index contributed by atoms with van der Waals surface area (Å²) in [5.41, 5.74) is 0. The minimum Gasteiger partial charge on any atom is -0.394 e. The van der Waals surface area contributed by atoms with Crippen LogP contribution < -0.4 is 5.32 Å². The number of ether oxygens (including phenoxy) is 2. The van der Waals surface area contributed by atoms with Crippen LogP contribution in [0.2, 0.25) is 0 Å². The van der Waals surface area contributed by atoms with Gasteiger partial charge >= 0.3 is 0 Å². The van der Waals surface area contributed by atoms with E-state index in [9.17, 15) is 30.3 Å². The smallest absolute Gasteiger partial charge is 0.220 e. The van der Waals surface area contributed by atoms with Crippen molar-refractivity contribution in [1.82, 2.24) is 5.32 Å². The van der Waals surface area contributed by atoms with Crippen LogP contribution in [0.4, 0.5) is 0 Å². The summed E-state index contributed by atoms with van der Waals surface area (Å²) < 4.78 is 11.3. The lowest BCUT2D eigenvalue weighted by Gasteiger charge is -2.40. The van der Waals surface area contributed by atoms with Crippen LogP contribution in [0.1, 0.15) is 399 Å². The molecule has 1 aliphatic rings. The van der Waals surface area contributed by atoms with Gasteiger partial charge in [-0.3, -0.25) is 4.79 Å². The molecule has 0 radical (unpaired) electrons. The molecule has 0 spiro atoms. The molecule has 0 saturated carbocycles. The topological polar surface area (TPSA) is 149 Å². The van der Waals surface area contributed by atoms with Crippen molar-refractivity contribution in [2.75, 3.05) is 13.2 Å². The third kappa shape index (κ3) is 58.9. The largest absolute Gasteiger partial charge is 0.394 e. The van der Waals surface area contributed by atoms with Crippen molar-refractivity contribution < 1.29 is 39.8 Å². The van der Waals surface area contributed by atoms with Crippen molar-refractivity contribution in [2.45, 2.75) is 442 Å². The zero-order chi connectivity index (χ0) is 65.7. The maximum atomic E-state index is 13.2. The molecule has 1 rings (SSSR count). The van der Waals surface area contributed by atoms with E-state index in [1.165, 1.54) is 327 Å². The van der Waals surface area contributed by atoms with Crippen LogP contribution in [-0.4, -0.2) is 87.5 Å². The van der Waals surface area contributed by atoms with Crippen molar-refractivity contribution in [3.63, 3.8) is 0 Å². The Morgan fingerprint density at radius 2 is 0.659 bits per heavy atom. The van der Waals surface area contributed by atoms with Crippen molar-refractivity contribution in [3.8, 4) is 0 Å². The van der Waals surface area contributed by atoms with E-state index in [0.29, 0.717) is 6.42 Å². The van der Waals surface area contributed by atoms with Gasteiger partial charge in [0.25, 0.3) is 0 Å². The van der Waals surface area contributed by atoms with Gasteiger partial charge in [-0.1, -0.05) is 383 Å². The highest BCUT2D eigenvalue weighted by molar-refractivity contribution is 5.76. The summed E-state index contributed by atoms with van der Waals surface area (Å²) in [6.45, 7) is 3.81. The second-order valence-corrected chi connectivity index (χ2v) is 27.9. The van der Waals surface area contributed by atoms with E-state index in [-0.39, 0.29) is 12.5 Å². The average molecular weight is 1280 g/mol. The molecule has 1 aliphatic heterocycles. The van der Waals surface area contributed by atoms with E-state index in [1.807, 2.05) is 6.08 Å². The molecule has 0 aromatic heterocycles. The molecule has 0 aromatic rings. The monoisotopic (exact) mass is 1280 g/mol. The van der Waals surface area contributed by atoms with Crippen LogP contribution in [0.5, 0.6) is 0 Å². The average Bonchev–Trinajstić information content (AvgIpc) is 1.58. The molecule has 7 unspecified atom stereocenters. The van der Waals surface area contributed by atoms with Crippen LogP contribution in [-0.2, 0) is 14.3 Å². The second kappa shape index (κ2) is 70.7. The Bertz CT molecular complexity index is 1630. The number of hydrogen-bond acceptors (Lipinski definition) is 8. The quantitative estimate of drug-likeness (QED) is 0.0261. The lowest BCUT2D eigenvalue weighted by molar-refractivity contribution is -0.302. The fourth-order valence-electron chi connectivity index (χ4n) is 12.8. The number of hydrogen-bond donors (Lipinski definition) is 6. The van der Waals surface area contributed by atoms with E-state index in [2.05, 4.69) is 67.8 Å². The van der Waals surface area contributed by atoms with Gasteiger partial charge in [0, 0.05) is 6.42 Å². The molecular weight excluding hydrogens is 1130 g/mol. The number of carbonyl (C=O) groups is 1. The third-order valence-electron chi connectivity index (χ3n) is 19.1. The normalized spacial score (nSPS) is 18.0. The predicted molar refractivity (Wildman–Crippen MR) is 392 cm³/mol. The number of carbonyl (C=O) groups excluding carboxylic acids is 1. The number of allylic oxidation sites excluding steroid dienone is 9. The van der Waals surface area contributed by atoms with Crippen molar-refractivity contribution in [1.29, 1.82) is 0 Å². The number of aliphatic hydroxyl groups is 5. The first-order valence-corrected chi connectivity index (χ1v) is 40.0. The number of unbranched alkanes of at least 4 members (excludes halogenated alkanes) is 53. The van der Waals surface area contributed by atoms with Crippen molar-refractivity contribution in [3.05, 3.63) is 60.8 Å². The highest BCUT2D eigenvalue weighted by Crippen LogP contribution is 2.24. The van der Waals surface area contributed by atoms with Gasteiger partial charge < -0.3 is 40.3 Å². The molecule has 1 fully saturated rings. The maximum absolute atomic E-state index is 13.2. The summed E-state index contributed by atoms with van der Waals surface area (Å²) in [7, 11) is 0. The molecule has 1 amide bonds. The summed E-state index contributed by atoms with van der Waals surface area (Å²) in [4.78, 5) is 13.2. The molecule has 0 bridgehead atoms. The second-order valence-electron chi connectivity index (χ2n) is 27.9.